The van der Waals surface area contributed by atoms with Crippen molar-refractivity contribution in [2.45, 2.75) is 12.5 Å². The highest BCUT2D eigenvalue weighted by Gasteiger charge is 2.14. The van der Waals surface area contributed by atoms with Crippen molar-refractivity contribution in [2.75, 3.05) is 59.7 Å². The monoisotopic (exact) mass is 232 g/mol. The summed E-state index contributed by atoms with van der Waals surface area (Å²) in [6.07, 6.45) is 0.696. The number of hydrogen-bond acceptors (Lipinski definition) is 5. The number of hydrogen-bond donors (Lipinski definition) is 2. The Morgan fingerprint density at radius 2 is 2.19 bits per heavy atom. The summed E-state index contributed by atoms with van der Waals surface area (Å²) in [5.74, 6) is 0. The number of nitrogens with zero attached hydrogens (tertiary/aromatic N) is 1. The lowest BCUT2D eigenvalue weighted by Gasteiger charge is -2.28. The molecule has 0 bridgehead atoms. The van der Waals surface area contributed by atoms with Crippen LogP contribution in [0.2, 0.25) is 0 Å². The van der Waals surface area contributed by atoms with Crippen LogP contribution in [-0.4, -0.2) is 75.8 Å². The number of aliphatic hydroxyl groups is 1. The summed E-state index contributed by atoms with van der Waals surface area (Å²) in [5, 5.41) is 13.0. The standard InChI is InChI=1S/C11H24N2O3/c1-15-6-2-3-12-9-11(14)10-13-4-7-16-8-5-13/h11-12,14H,2-10H2,1H3. The van der Waals surface area contributed by atoms with E-state index in [1.54, 1.807) is 7.11 Å². The van der Waals surface area contributed by atoms with Crippen molar-refractivity contribution in [2.24, 2.45) is 0 Å². The van der Waals surface area contributed by atoms with E-state index in [1.165, 1.54) is 0 Å². The first-order valence-electron chi connectivity index (χ1n) is 6.00. The average Bonchev–Trinajstić information content (AvgIpc) is 2.30. The Morgan fingerprint density at radius 3 is 2.88 bits per heavy atom. The van der Waals surface area contributed by atoms with Crippen molar-refractivity contribution in [3.8, 4) is 0 Å². The second-order valence-electron chi connectivity index (χ2n) is 4.12. The second kappa shape index (κ2) is 8.90. The van der Waals surface area contributed by atoms with E-state index in [9.17, 15) is 5.11 Å². The summed E-state index contributed by atoms with van der Waals surface area (Å²) in [6.45, 7) is 6.49. The van der Waals surface area contributed by atoms with Crippen molar-refractivity contribution in [1.82, 2.24) is 10.2 Å². The quantitative estimate of drug-likeness (QED) is 0.542. The zero-order chi connectivity index (χ0) is 11.6. The van der Waals surface area contributed by atoms with E-state index in [0.29, 0.717) is 6.54 Å². The van der Waals surface area contributed by atoms with E-state index in [4.69, 9.17) is 9.47 Å². The third kappa shape index (κ3) is 6.40. The predicted octanol–water partition coefficient (Wildman–Crippen LogP) is -0.694. The van der Waals surface area contributed by atoms with Gasteiger partial charge < -0.3 is 19.9 Å². The molecule has 0 aromatic rings. The van der Waals surface area contributed by atoms with Gasteiger partial charge in [-0.05, 0) is 13.0 Å². The van der Waals surface area contributed by atoms with Crippen LogP contribution in [0.25, 0.3) is 0 Å². The summed E-state index contributed by atoms with van der Waals surface area (Å²) in [5.41, 5.74) is 0. The molecule has 5 nitrogen and oxygen atoms in total. The highest BCUT2D eigenvalue weighted by atomic mass is 16.5. The molecule has 16 heavy (non-hydrogen) atoms. The molecule has 1 heterocycles. The molecular formula is C11H24N2O3. The molecule has 1 aliphatic rings. The largest absolute Gasteiger partial charge is 0.390 e. The van der Waals surface area contributed by atoms with Gasteiger partial charge in [-0.25, -0.2) is 0 Å². The fourth-order valence-electron chi connectivity index (χ4n) is 1.76. The highest BCUT2D eigenvalue weighted by molar-refractivity contribution is 4.69. The number of nitrogens with one attached hydrogen (secondary N) is 1. The molecule has 0 aliphatic carbocycles. The normalized spacial score (nSPS) is 19.9. The van der Waals surface area contributed by atoms with E-state index >= 15 is 0 Å². The topological polar surface area (TPSA) is 54.0 Å². The van der Waals surface area contributed by atoms with Crippen LogP contribution in [0.1, 0.15) is 6.42 Å². The Balaban J connectivity index is 1.95. The fourth-order valence-corrected chi connectivity index (χ4v) is 1.76. The Kier molecular flexibility index (Phi) is 7.71. The molecule has 5 heteroatoms. The molecule has 0 saturated carbocycles. The van der Waals surface area contributed by atoms with Crippen LogP contribution < -0.4 is 5.32 Å². The molecule has 0 amide bonds. The van der Waals surface area contributed by atoms with Crippen molar-refractivity contribution in [3.05, 3.63) is 0 Å². The maximum Gasteiger partial charge on any atom is 0.0791 e. The maximum absolute atomic E-state index is 9.78. The fraction of sp³-hybridized carbons (Fsp3) is 1.00. The minimum absolute atomic E-state index is 0.291. The number of aliphatic hydroxyl groups excluding tert-OH is 1. The zero-order valence-corrected chi connectivity index (χ0v) is 10.2. The molecule has 0 aromatic carbocycles. The van der Waals surface area contributed by atoms with Crippen LogP contribution in [0.5, 0.6) is 0 Å². The number of morpholine rings is 1. The Bertz CT molecular complexity index is 163. The zero-order valence-electron chi connectivity index (χ0n) is 10.2. The number of rotatable bonds is 8. The summed E-state index contributed by atoms with van der Waals surface area (Å²) in [7, 11) is 1.70. The van der Waals surface area contributed by atoms with E-state index in [2.05, 4.69) is 10.2 Å². The smallest absolute Gasteiger partial charge is 0.0791 e. The van der Waals surface area contributed by atoms with Gasteiger partial charge in [-0.1, -0.05) is 0 Å². The third-order valence-corrected chi connectivity index (χ3v) is 2.65. The minimum atomic E-state index is -0.291. The number of β-amino-alcohol motifs (C(OH)–C–C–N with tert-alkyl or cyclic N) is 1. The summed E-state index contributed by atoms with van der Waals surface area (Å²) < 4.78 is 10.2. The molecule has 0 aromatic heterocycles. The van der Waals surface area contributed by atoms with Crippen LogP contribution >= 0.6 is 0 Å². The lowest BCUT2D eigenvalue weighted by atomic mass is 10.3. The molecule has 1 unspecified atom stereocenters. The van der Waals surface area contributed by atoms with Gasteiger partial charge in [0, 0.05) is 39.9 Å². The van der Waals surface area contributed by atoms with Gasteiger partial charge in [-0.15, -0.1) is 0 Å². The van der Waals surface area contributed by atoms with Gasteiger partial charge in [-0.2, -0.15) is 0 Å². The molecule has 1 rings (SSSR count). The van der Waals surface area contributed by atoms with E-state index in [1.807, 2.05) is 0 Å². The number of ether oxygens (including phenoxy) is 2. The highest BCUT2D eigenvalue weighted by Crippen LogP contribution is 1.98. The van der Waals surface area contributed by atoms with Gasteiger partial charge in [0.25, 0.3) is 0 Å². The molecular weight excluding hydrogens is 208 g/mol. The summed E-state index contributed by atoms with van der Waals surface area (Å²) in [4.78, 5) is 2.24. The molecule has 0 radical (unpaired) electrons. The summed E-state index contributed by atoms with van der Waals surface area (Å²) >= 11 is 0. The van der Waals surface area contributed by atoms with Crippen LogP contribution in [0.3, 0.4) is 0 Å². The van der Waals surface area contributed by atoms with E-state index in [0.717, 1.165) is 52.4 Å². The van der Waals surface area contributed by atoms with Crippen LogP contribution in [0.4, 0.5) is 0 Å². The van der Waals surface area contributed by atoms with Gasteiger partial charge in [0.1, 0.15) is 0 Å². The van der Waals surface area contributed by atoms with Gasteiger partial charge in [0.2, 0.25) is 0 Å². The molecule has 0 spiro atoms. The van der Waals surface area contributed by atoms with Gasteiger partial charge in [0.05, 0.1) is 19.3 Å². The van der Waals surface area contributed by atoms with E-state index < -0.39 is 0 Å². The predicted molar refractivity (Wildman–Crippen MR) is 62.6 cm³/mol. The van der Waals surface area contributed by atoms with Crippen LogP contribution in [-0.2, 0) is 9.47 Å². The maximum atomic E-state index is 9.78. The summed E-state index contributed by atoms with van der Waals surface area (Å²) in [6, 6.07) is 0. The van der Waals surface area contributed by atoms with Crippen LogP contribution in [0, 0.1) is 0 Å². The Labute approximate surface area is 97.7 Å². The second-order valence-corrected chi connectivity index (χ2v) is 4.12. The lowest BCUT2D eigenvalue weighted by molar-refractivity contribution is 0.0149. The van der Waals surface area contributed by atoms with Gasteiger partial charge >= 0.3 is 0 Å². The molecule has 1 saturated heterocycles. The molecule has 2 N–H and O–H groups in total. The van der Waals surface area contributed by atoms with Crippen molar-refractivity contribution >= 4 is 0 Å². The first-order chi connectivity index (χ1) is 7.83. The minimum Gasteiger partial charge on any atom is -0.390 e. The average molecular weight is 232 g/mol. The van der Waals surface area contributed by atoms with Crippen molar-refractivity contribution in [3.63, 3.8) is 0 Å². The van der Waals surface area contributed by atoms with Gasteiger partial charge in [-0.3, -0.25) is 4.90 Å². The first-order valence-corrected chi connectivity index (χ1v) is 6.00. The Morgan fingerprint density at radius 1 is 1.44 bits per heavy atom. The van der Waals surface area contributed by atoms with E-state index in [-0.39, 0.29) is 6.10 Å². The van der Waals surface area contributed by atoms with Crippen LogP contribution in [0.15, 0.2) is 0 Å². The van der Waals surface area contributed by atoms with Crippen molar-refractivity contribution < 1.29 is 14.6 Å². The third-order valence-electron chi connectivity index (χ3n) is 2.65. The Hall–Kier alpha value is -0.200. The molecule has 1 atom stereocenters. The molecule has 96 valence electrons. The van der Waals surface area contributed by atoms with Gasteiger partial charge in [0.15, 0.2) is 0 Å². The molecule has 1 fully saturated rings. The number of methoxy groups -OCH3 is 1. The lowest BCUT2D eigenvalue weighted by Crippen LogP contribution is -2.43. The van der Waals surface area contributed by atoms with Crippen molar-refractivity contribution in [1.29, 1.82) is 0 Å². The molecule has 1 aliphatic heterocycles. The SMILES string of the molecule is COCCCNCC(O)CN1CCOCC1. The first kappa shape index (κ1) is 13.9.